The van der Waals surface area contributed by atoms with Crippen LogP contribution >= 0.6 is 0 Å². The standard InChI is InChI=1S/C11H16O2.2W/c1-4-11(2,3)9-7-8(12)5-6-10(9)13;;/h5-7,12-13H,4H2,1-3H3;;. The molecule has 0 amide bonds. The Morgan fingerprint density at radius 1 is 1.13 bits per heavy atom. The molecule has 0 spiro atoms. The van der Waals surface area contributed by atoms with Crippen LogP contribution in [-0.2, 0) is 47.5 Å². The van der Waals surface area contributed by atoms with Crippen LogP contribution < -0.4 is 0 Å². The minimum atomic E-state index is -0.0944. The number of phenolic OH excluding ortho intramolecular Hbond substituents is 2. The minimum Gasteiger partial charge on any atom is -0.508 e. The van der Waals surface area contributed by atoms with Gasteiger partial charge in [0, 0.05) is 47.7 Å². The molecule has 0 aromatic heterocycles. The molecule has 0 atom stereocenters. The minimum absolute atomic E-state index is 0. The van der Waals surface area contributed by atoms with Crippen molar-refractivity contribution in [2.45, 2.75) is 32.6 Å². The molecule has 0 bridgehead atoms. The Morgan fingerprint density at radius 2 is 1.67 bits per heavy atom. The van der Waals surface area contributed by atoms with Crippen molar-refractivity contribution in [2.24, 2.45) is 0 Å². The van der Waals surface area contributed by atoms with Gasteiger partial charge in [-0.1, -0.05) is 20.8 Å². The predicted molar refractivity (Wildman–Crippen MR) is 53.1 cm³/mol. The summed E-state index contributed by atoms with van der Waals surface area (Å²) in [5.41, 5.74) is 0.707. The third kappa shape index (κ3) is 4.29. The van der Waals surface area contributed by atoms with Crippen molar-refractivity contribution in [3.05, 3.63) is 23.8 Å². The fraction of sp³-hybridized carbons (Fsp3) is 0.455. The molecule has 0 fully saturated rings. The van der Waals surface area contributed by atoms with Crippen LogP contribution in [-0.4, -0.2) is 10.2 Å². The predicted octanol–water partition coefficient (Wildman–Crippen LogP) is 2.78. The van der Waals surface area contributed by atoms with Gasteiger partial charge in [0.1, 0.15) is 11.5 Å². The molecule has 0 unspecified atom stereocenters. The van der Waals surface area contributed by atoms with E-state index in [9.17, 15) is 10.2 Å². The van der Waals surface area contributed by atoms with Crippen LogP contribution in [0.3, 0.4) is 0 Å². The summed E-state index contributed by atoms with van der Waals surface area (Å²) < 4.78 is 0. The molecule has 2 nitrogen and oxygen atoms in total. The van der Waals surface area contributed by atoms with Gasteiger partial charge in [0.15, 0.2) is 0 Å². The van der Waals surface area contributed by atoms with Crippen molar-refractivity contribution in [3.8, 4) is 11.5 Å². The Bertz CT molecular complexity index is 311. The summed E-state index contributed by atoms with van der Waals surface area (Å²) in [6.07, 6.45) is 0.921. The summed E-state index contributed by atoms with van der Waals surface area (Å²) in [4.78, 5) is 0. The zero-order valence-corrected chi connectivity index (χ0v) is 15.0. The second kappa shape index (κ2) is 6.71. The number of hydrogen-bond acceptors (Lipinski definition) is 2. The van der Waals surface area contributed by atoms with E-state index < -0.39 is 0 Å². The van der Waals surface area contributed by atoms with Crippen LogP contribution in [0.2, 0.25) is 0 Å². The summed E-state index contributed by atoms with van der Waals surface area (Å²) in [5.74, 6) is 0.457. The summed E-state index contributed by atoms with van der Waals surface area (Å²) in [6.45, 7) is 6.15. The molecule has 1 rings (SSSR count). The van der Waals surface area contributed by atoms with Crippen molar-refractivity contribution >= 4 is 0 Å². The molecule has 2 N–H and O–H groups in total. The number of hydrogen-bond donors (Lipinski definition) is 2. The first-order valence-electron chi connectivity index (χ1n) is 4.50. The first kappa shape index (κ1) is 17.6. The van der Waals surface area contributed by atoms with Crippen LogP contribution in [0.25, 0.3) is 0 Å². The summed E-state index contributed by atoms with van der Waals surface area (Å²) >= 11 is 0. The van der Waals surface area contributed by atoms with Crippen molar-refractivity contribution in [3.63, 3.8) is 0 Å². The van der Waals surface area contributed by atoms with Gasteiger partial charge in [0.25, 0.3) is 0 Å². The SMILES string of the molecule is CCC(C)(C)c1cc(O)ccc1O.[W].[W]. The van der Waals surface area contributed by atoms with Crippen LogP contribution in [0, 0.1) is 0 Å². The Labute approximate surface area is 120 Å². The molecule has 0 radical (unpaired) electrons. The molecule has 4 heteroatoms. The third-order valence-corrected chi connectivity index (χ3v) is 2.59. The van der Waals surface area contributed by atoms with Gasteiger partial charge < -0.3 is 10.2 Å². The summed E-state index contributed by atoms with van der Waals surface area (Å²) in [5, 5.41) is 18.9. The average Bonchev–Trinajstić information content (AvgIpc) is 2.09. The van der Waals surface area contributed by atoms with E-state index in [1.807, 2.05) is 13.8 Å². The van der Waals surface area contributed by atoms with Crippen LogP contribution in [0.15, 0.2) is 18.2 Å². The maximum absolute atomic E-state index is 9.59. The van der Waals surface area contributed by atoms with Gasteiger partial charge >= 0.3 is 0 Å². The van der Waals surface area contributed by atoms with Crippen LogP contribution in [0.5, 0.6) is 11.5 Å². The van der Waals surface area contributed by atoms with Crippen molar-refractivity contribution in [2.75, 3.05) is 0 Å². The van der Waals surface area contributed by atoms with Gasteiger partial charge in [-0.2, -0.15) is 0 Å². The summed E-state index contributed by atoms with van der Waals surface area (Å²) in [7, 11) is 0. The number of phenols is 2. The quantitative estimate of drug-likeness (QED) is 0.559. The van der Waals surface area contributed by atoms with E-state index in [-0.39, 0.29) is 59.0 Å². The van der Waals surface area contributed by atoms with Crippen molar-refractivity contribution in [1.29, 1.82) is 0 Å². The Hall–Kier alpha value is 0.197. The molecule has 0 saturated carbocycles. The van der Waals surface area contributed by atoms with Gasteiger partial charge in [0.05, 0.1) is 0 Å². The molecule has 1 aromatic carbocycles. The van der Waals surface area contributed by atoms with Gasteiger partial charge in [-0.05, 0) is 30.0 Å². The Kier molecular flexibility index (Phi) is 7.87. The molecule has 0 heterocycles. The van der Waals surface area contributed by atoms with E-state index in [0.29, 0.717) is 0 Å². The molecule has 0 aliphatic heterocycles. The van der Waals surface area contributed by atoms with E-state index in [0.717, 1.165) is 12.0 Å². The monoisotopic (exact) mass is 548 g/mol. The van der Waals surface area contributed by atoms with Gasteiger partial charge in [-0.25, -0.2) is 0 Å². The smallest absolute Gasteiger partial charge is 0.119 e. The fourth-order valence-corrected chi connectivity index (χ4v) is 1.26. The summed E-state index contributed by atoms with van der Waals surface area (Å²) in [6, 6.07) is 4.64. The third-order valence-electron chi connectivity index (χ3n) is 2.59. The molecular weight excluding hydrogens is 532 g/mol. The van der Waals surface area contributed by atoms with E-state index in [2.05, 4.69) is 6.92 Å². The molecule has 0 aliphatic carbocycles. The molecule has 0 saturated heterocycles. The normalized spacial score (nSPS) is 10.1. The first-order chi connectivity index (χ1) is 5.97. The van der Waals surface area contributed by atoms with Crippen LogP contribution in [0.4, 0.5) is 0 Å². The maximum Gasteiger partial charge on any atom is 0.119 e. The molecule has 0 aliphatic rings. The van der Waals surface area contributed by atoms with Gasteiger partial charge in [0.2, 0.25) is 0 Å². The Balaban J connectivity index is 0. The Morgan fingerprint density at radius 3 is 2.13 bits per heavy atom. The van der Waals surface area contributed by atoms with E-state index in [1.54, 1.807) is 6.07 Å². The molecule has 84 valence electrons. The zero-order valence-electron chi connectivity index (χ0n) is 9.15. The topological polar surface area (TPSA) is 40.5 Å². The van der Waals surface area contributed by atoms with Crippen molar-refractivity contribution in [1.82, 2.24) is 0 Å². The van der Waals surface area contributed by atoms with Gasteiger partial charge in [-0.3, -0.25) is 0 Å². The van der Waals surface area contributed by atoms with Gasteiger partial charge in [-0.15, -0.1) is 0 Å². The largest absolute Gasteiger partial charge is 0.508 e. The maximum atomic E-state index is 9.59. The van der Waals surface area contributed by atoms with Crippen LogP contribution in [0.1, 0.15) is 32.8 Å². The zero-order chi connectivity index (χ0) is 10.1. The fourth-order valence-electron chi connectivity index (χ4n) is 1.26. The van der Waals surface area contributed by atoms with Crippen molar-refractivity contribution < 1.29 is 52.3 Å². The number of rotatable bonds is 2. The number of aromatic hydroxyl groups is 2. The van der Waals surface area contributed by atoms with E-state index in [4.69, 9.17) is 0 Å². The first-order valence-corrected chi connectivity index (χ1v) is 4.50. The van der Waals surface area contributed by atoms with E-state index >= 15 is 0 Å². The molecule has 1 aromatic rings. The number of benzene rings is 1. The van der Waals surface area contributed by atoms with E-state index in [1.165, 1.54) is 12.1 Å². The second-order valence-corrected chi connectivity index (χ2v) is 3.94. The average molecular weight is 548 g/mol. The second-order valence-electron chi connectivity index (χ2n) is 3.94. The molecular formula is C11H16O2W2. The molecule has 15 heavy (non-hydrogen) atoms.